The Morgan fingerprint density at radius 1 is 0.849 bits per heavy atom. The molecule has 0 spiro atoms. The summed E-state index contributed by atoms with van der Waals surface area (Å²) in [5.74, 6) is -0.139. The van der Waals surface area contributed by atoms with Gasteiger partial charge in [0.2, 0.25) is 9.84 Å². The number of fused-ring (bicyclic) bond motifs is 5. The van der Waals surface area contributed by atoms with Crippen LogP contribution in [0.2, 0.25) is 0 Å². The lowest BCUT2D eigenvalue weighted by Gasteiger charge is -2.25. The number of ether oxygens (including phenoxy) is 2. The molecule has 0 saturated heterocycles. The van der Waals surface area contributed by atoms with Gasteiger partial charge >= 0.3 is 0 Å². The van der Waals surface area contributed by atoms with Crippen molar-refractivity contribution >= 4 is 49.9 Å². The maximum absolute atomic E-state index is 14.0. The summed E-state index contributed by atoms with van der Waals surface area (Å²) in [5.41, 5.74) is 3.91. The van der Waals surface area contributed by atoms with E-state index in [-0.39, 0.29) is 16.4 Å². The standard InChI is InChI=1S/C33H27NO7S.C9H8N2/c1-40-29-17-14-23(19-30(29)41-2)42(38,39)31-9-5-8-26-25(31)15-16-27-24-7-4-3-6-21(24)18-28(32(26)27)33(35)20-10-12-22(13-11-20)34(36)37;1-2-5-9-8(4-1)10-6-3-7-11-9/h3-4,6-7,10-19,28H,5,8-9H2,1-2H3;1-7,10H. The Kier molecular flexibility index (Phi) is 9.75. The summed E-state index contributed by atoms with van der Waals surface area (Å²) in [6.07, 6.45) is 9.02. The van der Waals surface area contributed by atoms with Crippen molar-refractivity contribution in [3.8, 4) is 11.5 Å². The molecule has 1 aliphatic heterocycles. The number of non-ortho nitro benzene ring substituents is 1. The lowest BCUT2D eigenvalue weighted by Crippen LogP contribution is -2.29. The van der Waals surface area contributed by atoms with E-state index in [1.54, 1.807) is 12.3 Å². The van der Waals surface area contributed by atoms with Gasteiger partial charge in [-0.2, -0.15) is 0 Å². The number of nitro groups is 1. The zero-order valence-electron chi connectivity index (χ0n) is 29.0. The smallest absolute Gasteiger partial charge is 0.269 e. The lowest BCUT2D eigenvalue weighted by atomic mass is 9.79. The maximum Gasteiger partial charge on any atom is 0.269 e. The molecule has 8 rings (SSSR count). The van der Waals surface area contributed by atoms with Gasteiger partial charge in [0.1, 0.15) is 0 Å². The summed E-state index contributed by atoms with van der Waals surface area (Å²) >= 11 is 0. The van der Waals surface area contributed by atoms with Gasteiger partial charge in [0.05, 0.1) is 46.2 Å². The first-order valence-corrected chi connectivity index (χ1v) is 18.5. The molecule has 0 aromatic heterocycles. The van der Waals surface area contributed by atoms with Crippen molar-refractivity contribution in [3.05, 3.63) is 163 Å². The summed E-state index contributed by atoms with van der Waals surface area (Å²) in [4.78, 5) is 29.3. The number of aliphatic imine (C=N–C) groups is 1. The number of hydrogen-bond acceptors (Lipinski definition) is 9. The number of methoxy groups -OCH3 is 2. The minimum Gasteiger partial charge on any atom is -0.493 e. The van der Waals surface area contributed by atoms with Gasteiger partial charge in [0.15, 0.2) is 17.3 Å². The van der Waals surface area contributed by atoms with Crippen LogP contribution in [0.3, 0.4) is 0 Å². The van der Waals surface area contributed by atoms with Gasteiger partial charge in [-0.3, -0.25) is 19.9 Å². The zero-order valence-corrected chi connectivity index (χ0v) is 29.8. The van der Waals surface area contributed by atoms with E-state index in [1.165, 1.54) is 50.6 Å². The number of nitrogens with one attached hydrogen (secondary N) is 1. The number of Topliss-reactive ketones (excluding diaryl/α,β-unsaturated/α-hetero) is 1. The van der Waals surface area contributed by atoms with Gasteiger partial charge in [0.25, 0.3) is 5.69 Å². The molecule has 0 fully saturated rings. The largest absolute Gasteiger partial charge is 0.493 e. The summed E-state index contributed by atoms with van der Waals surface area (Å²) < 4.78 is 38.7. The molecule has 11 heteroatoms. The van der Waals surface area contributed by atoms with Crippen LogP contribution < -0.4 is 25.2 Å². The van der Waals surface area contributed by atoms with E-state index in [4.69, 9.17) is 9.47 Å². The number of ketones is 1. The predicted molar refractivity (Wildman–Crippen MR) is 205 cm³/mol. The lowest BCUT2D eigenvalue weighted by molar-refractivity contribution is -0.384. The Balaban J connectivity index is 0.000000336. The van der Waals surface area contributed by atoms with Crippen LogP contribution >= 0.6 is 0 Å². The zero-order chi connectivity index (χ0) is 37.1. The van der Waals surface area contributed by atoms with Crippen molar-refractivity contribution in [1.29, 1.82) is 0 Å². The third kappa shape index (κ3) is 6.74. The van der Waals surface area contributed by atoms with Crippen LogP contribution in [-0.4, -0.2) is 39.6 Å². The maximum atomic E-state index is 14.0. The first kappa shape index (κ1) is 35.1. The fourth-order valence-electron chi connectivity index (χ4n) is 7.05. The Bertz CT molecular complexity index is 2670. The van der Waals surface area contributed by atoms with E-state index >= 15 is 0 Å². The second kappa shape index (κ2) is 14.7. The molecule has 0 bridgehead atoms. The van der Waals surface area contributed by atoms with Crippen LogP contribution in [0.5, 0.6) is 11.5 Å². The molecule has 1 atom stereocenters. The minimum absolute atomic E-state index is 0.0955. The molecule has 266 valence electrons. The molecule has 2 aliphatic carbocycles. The molecule has 0 radical (unpaired) electrons. The molecular weight excluding hydrogens is 691 g/mol. The number of para-hydroxylation sites is 2. The van der Waals surface area contributed by atoms with E-state index in [1.807, 2.05) is 79.0 Å². The molecule has 10 nitrogen and oxygen atoms in total. The SMILES string of the molecule is C1=CNc2ccccc2N=C1.COc1ccc(S(=O)(=O)C2=c3ccc4c(c3CCC2)C(C(=O)c2ccc([N+](=O)[O-])cc2)C=c2ccccc2=4)cc1OC. The Morgan fingerprint density at radius 2 is 1.58 bits per heavy atom. The van der Waals surface area contributed by atoms with Crippen molar-refractivity contribution in [1.82, 2.24) is 0 Å². The van der Waals surface area contributed by atoms with Crippen molar-refractivity contribution < 1.29 is 27.6 Å². The molecular formula is C42H35N3O7S. The summed E-state index contributed by atoms with van der Waals surface area (Å²) in [7, 11) is -0.951. The van der Waals surface area contributed by atoms with Crippen molar-refractivity contribution in [2.45, 2.75) is 30.1 Å². The number of nitro benzene ring substituents is 1. The number of sulfone groups is 1. The number of carbonyl (C=O) groups is 1. The van der Waals surface area contributed by atoms with Gasteiger partial charge in [-0.15, -0.1) is 0 Å². The molecule has 1 unspecified atom stereocenters. The Hall–Kier alpha value is -6.33. The first-order chi connectivity index (χ1) is 25.7. The fourth-order valence-corrected chi connectivity index (χ4v) is 8.74. The van der Waals surface area contributed by atoms with Crippen LogP contribution in [0, 0.1) is 20.6 Å². The second-order valence-electron chi connectivity index (χ2n) is 12.5. The van der Waals surface area contributed by atoms with Crippen molar-refractivity contribution in [3.63, 3.8) is 0 Å². The van der Waals surface area contributed by atoms with Crippen LogP contribution in [0.1, 0.15) is 40.2 Å². The van der Waals surface area contributed by atoms with Gasteiger partial charge in [-0.25, -0.2) is 8.42 Å². The number of nitrogens with zero attached hydrogens (tertiary/aromatic N) is 2. The molecule has 3 aliphatic rings. The topological polar surface area (TPSA) is 137 Å². The number of benzene rings is 5. The molecule has 5 aromatic rings. The van der Waals surface area contributed by atoms with E-state index in [0.29, 0.717) is 46.4 Å². The number of rotatable bonds is 7. The molecule has 5 aromatic carbocycles. The number of anilines is 1. The van der Waals surface area contributed by atoms with E-state index in [0.717, 1.165) is 38.2 Å². The third-order valence-electron chi connectivity index (χ3n) is 9.57. The van der Waals surface area contributed by atoms with Gasteiger partial charge < -0.3 is 14.8 Å². The minimum atomic E-state index is -3.90. The summed E-state index contributed by atoms with van der Waals surface area (Å²) in [5, 5.41) is 17.7. The quantitative estimate of drug-likeness (QED) is 0.109. The van der Waals surface area contributed by atoms with Gasteiger partial charge in [-0.1, -0.05) is 54.6 Å². The monoisotopic (exact) mass is 725 g/mol. The van der Waals surface area contributed by atoms with Crippen molar-refractivity contribution in [2.75, 3.05) is 19.5 Å². The molecule has 53 heavy (non-hydrogen) atoms. The van der Waals surface area contributed by atoms with E-state index < -0.39 is 20.7 Å². The van der Waals surface area contributed by atoms with Gasteiger partial charge in [-0.05, 0) is 93.7 Å². The molecule has 0 amide bonds. The Labute approximate surface area is 305 Å². The second-order valence-corrected chi connectivity index (χ2v) is 14.5. The van der Waals surface area contributed by atoms with Crippen LogP contribution in [0.15, 0.2) is 125 Å². The normalized spacial score (nSPS) is 15.1. The average molecular weight is 726 g/mol. The highest BCUT2D eigenvalue weighted by Gasteiger charge is 2.31. The molecule has 0 saturated carbocycles. The highest BCUT2D eigenvalue weighted by molar-refractivity contribution is 8.00. The highest BCUT2D eigenvalue weighted by Crippen LogP contribution is 2.36. The highest BCUT2D eigenvalue weighted by atomic mass is 32.2. The van der Waals surface area contributed by atoms with E-state index in [9.17, 15) is 23.3 Å². The number of hydrogen-bond donors (Lipinski definition) is 1. The van der Waals surface area contributed by atoms with Crippen LogP contribution in [0.25, 0.3) is 11.0 Å². The van der Waals surface area contributed by atoms with Crippen molar-refractivity contribution in [2.24, 2.45) is 4.99 Å². The Morgan fingerprint density at radius 3 is 2.36 bits per heavy atom. The predicted octanol–water partition coefficient (Wildman–Crippen LogP) is 6.91. The van der Waals surface area contributed by atoms with Crippen LogP contribution in [0.4, 0.5) is 17.1 Å². The summed E-state index contributed by atoms with van der Waals surface area (Å²) in [6.45, 7) is 0. The van der Waals surface area contributed by atoms with Crippen LogP contribution in [-0.2, 0) is 16.3 Å². The molecule has 1 heterocycles. The third-order valence-corrected chi connectivity index (χ3v) is 11.5. The summed E-state index contributed by atoms with van der Waals surface area (Å²) in [6, 6.07) is 29.7. The van der Waals surface area contributed by atoms with E-state index in [2.05, 4.69) is 10.3 Å². The average Bonchev–Trinajstić information content (AvgIpc) is 3.45. The first-order valence-electron chi connectivity index (χ1n) is 17.0. The fraction of sp³-hybridized carbons (Fsp3) is 0.143. The number of carbonyl (C=O) groups excluding carboxylic acids is 1. The molecule has 1 N–H and O–H groups in total. The van der Waals surface area contributed by atoms with Gasteiger partial charge in [0, 0.05) is 36.2 Å². The number of allylic oxidation sites excluding steroid dienone is 1.